The molecule has 2 aromatic heterocycles. The minimum atomic E-state index is 0.227. The minimum Gasteiger partial charge on any atom is -0.304 e. The Hall–Kier alpha value is -1.39. The van der Waals surface area contributed by atoms with Gasteiger partial charge in [0.2, 0.25) is 0 Å². The number of pyridine rings is 1. The van der Waals surface area contributed by atoms with E-state index >= 15 is 0 Å². The number of aromatic nitrogens is 3. The van der Waals surface area contributed by atoms with Crippen molar-refractivity contribution in [1.29, 1.82) is 0 Å². The van der Waals surface area contributed by atoms with Crippen LogP contribution in [0.25, 0.3) is 0 Å². The van der Waals surface area contributed by atoms with Crippen molar-refractivity contribution in [3.05, 3.63) is 46.5 Å². The van der Waals surface area contributed by atoms with Gasteiger partial charge in [0.25, 0.3) is 0 Å². The fourth-order valence-electron chi connectivity index (χ4n) is 2.01. The van der Waals surface area contributed by atoms with Crippen LogP contribution in [0.4, 0.5) is 0 Å². The first-order valence-electron chi connectivity index (χ1n) is 6.47. The highest BCUT2D eigenvalue weighted by Crippen LogP contribution is 2.21. The van der Waals surface area contributed by atoms with E-state index < -0.39 is 0 Å². The lowest BCUT2D eigenvalue weighted by atomic mass is 10.1. The summed E-state index contributed by atoms with van der Waals surface area (Å²) in [6.07, 6.45) is 4.51. The molecule has 102 valence electrons. The Kier molecular flexibility index (Phi) is 4.56. The highest BCUT2D eigenvalue weighted by Gasteiger charge is 2.14. The summed E-state index contributed by atoms with van der Waals surface area (Å²) in [5, 5.41) is 8.63. The lowest BCUT2D eigenvalue weighted by Crippen LogP contribution is -2.20. The van der Waals surface area contributed by atoms with E-state index in [1.807, 2.05) is 24.0 Å². The maximum atomic E-state index is 6.32. The molecule has 0 bridgehead atoms. The lowest BCUT2D eigenvalue weighted by Gasteiger charge is -2.14. The summed E-state index contributed by atoms with van der Waals surface area (Å²) < 4.78 is 1.85. The van der Waals surface area contributed by atoms with Crippen LogP contribution in [0.1, 0.15) is 36.8 Å². The molecule has 4 nitrogen and oxygen atoms in total. The summed E-state index contributed by atoms with van der Waals surface area (Å²) in [5.41, 5.74) is 3.14. The van der Waals surface area contributed by atoms with E-state index in [-0.39, 0.29) is 6.04 Å². The zero-order chi connectivity index (χ0) is 13.8. The summed E-state index contributed by atoms with van der Waals surface area (Å²) in [6, 6.07) is 4.23. The molecule has 0 amide bonds. The first-order chi connectivity index (χ1) is 9.13. The third-order valence-corrected chi connectivity index (χ3v) is 3.70. The zero-order valence-electron chi connectivity index (χ0n) is 11.5. The molecule has 0 aromatic carbocycles. The number of rotatable bonds is 5. The molecule has 0 aliphatic carbocycles. The molecule has 0 unspecified atom stereocenters. The third-order valence-electron chi connectivity index (χ3n) is 3.26. The number of aryl methyl sites for hydroxylation is 2. The maximum absolute atomic E-state index is 6.32. The second-order valence-corrected chi connectivity index (χ2v) is 4.95. The van der Waals surface area contributed by atoms with Crippen LogP contribution < -0.4 is 5.32 Å². The first kappa shape index (κ1) is 14.0. The van der Waals surface area contributed by atoms with Crippen molar-refractivity contribution in [3.8, 4) is 0 Å². The van der Waals surface area contributed by atoms with Crippen molar-refractivity contribution in [1.82, 2.24) is 20.1 Å². The Morgan fingerprint density at radius 3 is 2.84 bits per heavy atom. The predicted octanol–water partition coefficient (Wildman–Crippen LogP) is 2.88. The first-order valence-corrected chi connectivity index (χ1v) is 6.84. The van der Waals surface area contributed by atoms with Gasteiger partial charge in [0, 0.05) is 32.0 Å². The Morgan fingerprint density at radius 2 is 2.26 bits per heavy atom. The van der Waals surface area contributed by atoms with E-state index in [1.165, 1.54) is 0 Å². The average molecular weight is 279 g/mol. The van der Waals surface area contributed by atoms with Crippen LogP contribution in [0.5, 0.6) is 0 Å². The molecule has 0 radical (unpaired) electrons. The Balaban J connectivity index is 2.05. The molecule has 2 rings (SSSR count). The standard InChI is InChI=1S/C14H19ClN4/c1-4-12-14(15)13(19(3)18-12)9-17-10(2)11-6-5-7-16-8-11/h5-8,10,17H,4,9H2,1-3H3/t10-/m1/s1. The third kappa shape index (κ3) is 3.14. The molecule has 2 heterocycles. The van der Waals surface area contributed by atoms with Crippen LogP contribution in [-0.2, 0) is 20.0 Å². The number of hydrogen-bond donors (Lipinski definition) is 1. The molecular weight excluding hydrogens is 260 g/mol. The van der Waals surface area contributed by atoms with Gasteiger partial charge in [-0.25, -0.2) is 0 Å². The SMILES string of the molecule is CCc1nn(C)c(CN[C@H](C)c2cccnc2)c1Cl. The molecule has 0 saturated heterocycles. The van der Waals surface area contributed by atoms with Gasteiger partial charge in [-0.2, -0.15) is 5.10 Å². The number of hydrogen-bond acceptors (Lipinski definition) is 3. The molecule has 2 aromatic rings. The molecule has 1 atom stereocenters. The highest BCUT2D eigenvalue weighted by molar-refractivity contribution is 6.31. The molecule has 0 spiro atoms. The van der Waals surface area contributed by atoms with Crippen LogP contribution in [0.3, 0.4) is 0 Å². The fourth-order valence-corrected chi connectivity index (χ4v) is 2.37. The van der Waals surface area contributed by atoms with Crippen molar-refractivity contribution in [2.24, 2.45) is 7.05 Å². The Morgan fingerprint density at radius 1 is 1.47 bits per heavy atom. The van der Waals surface area contributed by atoms with Gasteiger partial charge in [-0.15, -0.1) is 0 Å². The van der Waals surface area contributed by atoms with E-state index in [2.05, 4.69) is 35.3 Å². The second kappa shape index (κ2) is 6.17. The molecule has 0 aliphatic rings. The monoisotopic (exact) mass is 278 g/mol. The fraction of sp³-hybridized carbons (Fsp3) is 0.429. The van der Waals surface area contributed by atoms with Gasteiger partial charge in [-0.1, -0.05) is 24.6 Å². The van der Waals surface area contributed by atoms with E-state index in [9.17, 15) is 0 Å². The van der Waals surface area contributed by atoms with E-state index in [1.54, 1.807) is 6.20 Å². The summed E-state index contributed by atoms with van der Waals surface area (Å²) >= 11 is 6.32. The molecular formula is C14H19ClN4. The average Bonchev–Trinajstić information content (AvgIpc) is 2.72. The quantitative estimate of drug-likeness (QED) is 0.914. The summed E-state index contributed by atoms with van der Waals surface area (Å²) in [4.78, 5) is 4.13. The molecule has 1 N–H and O–H groups in total. The van der Waals surface area contributed by atoms with Crippen molar-refractivity contribution in [3.63, 3.8) is 0 Å². The van der Waals surface area contributed by atoms with Crippen molar-refractivity contribution in [2.45, 2.75) is 32.9 Å². The van der Waals surface area contributed by atoms with Gasteiger partial charge in [-0.05, 0) is 25.0 Å². The van der Waals surface area contributed by atoms with Crippen molar-refractivity contribution >= 4 is 11.6 Å². The lowest BCUT2D eigenvalue weighted by molar-refractivity contribution is 0.546. The van der Waals surface area contributed by atoms with Crippen LogP contribution in [-0.4, -0.2) is 14.8 Å². The Bertz CT molecular complexity index is 536. The molecule has 0 saturated carbocycles. The van der Waals surface area contributed by atoms with Crippen LogP contribution in [0.2, 0.25) is 5.02 Å². The van der Waals surface area contributed by atoms with Crippen LogP contribution in [0, 0.1) is 0 Å². The zero-order valence-corrected chi connectivity index (χ0v) is 12.3. The molecule has 19 heavy (non-hydrogen) atoms. The Labute approximate surface area is 118 Å². The topological polar surface area (TPSA) is 42.7 Å². The second-order valence-electron chi connectivity index (χ2n) is 4.57. The van der Waals surface area contributed by atoms with E-state index in [4.69, 9.17) is 11.6 Å². The number of halogens is 1. The summed E-state index contributed by atoms with van der Waals surface area (Å²) in [5.74, 6) is 0. The summed E-state index contributed by atoms with van der Waals surface area (Å²) in [7, 11) is 1.93. The van der Waals surface area contributed by atoms with Gasteiger partial charge in [0.05, 0.1) is 16.4 Å². The molecule has 0 fully saturated rings. The van der Waals surface area contributed by atoms with Gasteiger partial charge in [-0.3, -0.25) is 9.67 Å². The number of nitrogens with zero attached hydrogens (tertiary/aromatic N) is 3. The van der Waals surface area contributed by atoms with Crippen molar-refractivity contribution < 1.29 is 0 Å². The maximum Gasteiger partial charge on any atom is 0.0863 e. The van der Waals surface area contributed by atoms with Crippen molar-refractivity contribution in [2.75, 3.05) is 0 Å². The molecule has 5 heteroatoms. The number of nitrogens with one attached hydrogen (secondary N) is 1. The van der Waals surface area contributed by atoms with Crippen LogP contribution >= 0.6 is 11.6 Å². The molecule has 0 aliphatic heterocycles. The van der Waals surface area contributed by atoms with Gasteiger partial charge in [0.15, 0.2) is 0 Å². The largest absolute Gasteiger partial charge is 0.304 e. The minimum absolute atomic E-state index is 0.227. The van der Waals surface area contributed by atoms with E-state index in [0.29, 0.717) is 6.54 Å². The van der Waals surface area contributed by atoms with E-state index in [0.717, 1.165) is 28.4 Å². The van der Waals surface area contributed by atoms with Gasteiger partial charge < -0.3 is 5.32 Å². The highest BCUT2D eigenvalue weighted by atomic mass is 35.5. The summed E-state index contributed by atoms with van der Waals surface area (Å²) in [6.45, 7) is 4.87. The van der Waals surface area contributed by atoms with Gasteiger partial charge >= 0.3 is 0 Å². The van der Waals surface area contributed by atoms with Crippen LogP contribution in [0.15, 0.2) is 24.5 Å². The predicted molar refractivity (Wildman–Crippen MR) is 77.1 cm³/mol. The van der Waals surface area contributed by atoms with Gasteiger partial charge in [0.1, 0.15) is 0 Å². The smallest absolute Gasteiger partial charge is 0.0863 e. The normalized spacial score (nSPS) is 12.6.